The lowest BCUT2D eigenvalue weighted by Crippen LogP contribution is -2.51. The largest absolute Gasteiger partial charge is 0.445 e. The molecule has 0 radical (unpaired) electrons. The van der Waals surface area contributed by atoms with Crippen molar-refractivity contribution in [2.24, 2.45) is 0 Å². The molecule has 1 aliphatic heterocycles. The topological polar surface area (TPSA) is 108 Å². The predicted octanol–water partition coefficient (Wildman–Crippen LogP) is 1.64. The Morgan fingerprint density at radius 2 is 1.97 bits per heavy atom. The van der Waals surface area contributed by atoms with E-state index in [9.17, 15) is 19.5 Å². The number of ether oxygens (including phenoxy) is 1. The summed E-state index contributed by atoms with van der Waals surface area (Å²) in [5, 5.41) is 17.5. The van der Waals surface area contributed by atoms with Crippen LogP contribution in [-0.2, 0) is 27.5 Å². The van der Waals surface area contributed by atoms with Crippen LogP contribution in [0.5, 0.6) is 0 Å². The van der Waals surface area contributed by atoms with Crippen LogP contribution in [0.4, 0.5) is 4.79 Å². The number of likely N-dealkylation sites (tertiary alicyclic amines) is 1. The molecule has 0 bridgehead atoms. The summed E-state index contributed by atoms with van der Waals surface area (Å²) >= 11 is 1.51. The van der Waals surface area contributed by atoms with Gasteiger partial charge in [-0.25, -0.2) is 4.79 Å². The summed E-state index contributed by atoms with van der Waals surface area (Å²) in [5.74, 6) is -0.873. The molecular weight excluding hydrogens is 406 g/mol. The molecule has 160 valence electrons. The normalized spacial score (nSPS) is 16.7. The van der Waals surface area contributed by atoms with E-state index in [4.69, 9.17) is 4.74 Å². The van der Waals surface area contributed by atoms with Crippen molar-refractivity contribution in [1.82, 2.24) is 15.5 Å². The molecule has 9 heteroatoms. The van der Waals surface area contributed by atoms with Gasteiger partial charge in [0.25, 0.3) is 5.91 Å². The molecule has 2 unspecified atom stereocenters. The molecule has 1 aliphatic rings. The predicted molar refractivity (Wildman–Crippen MR) is 112 cm³/mol. The standard InChI is InChI=1S/C21H25N3O5S/c25-18(13-23-21(28)29-14-15-6-2-1-3-7-15)24-10-4-9-17(24)19(26)20(27)22-12-16-8-5-11-30-16/h1-3,5-8,11,17,19,26H,4,9-10,12-14H2,(H,22,27)(H,23,28). The van der Waals surface area contributed by atoms with Crippen LogP contribution in [-0.4, -0.2) is 53.1 Å². The van der Waals surface area contributed by atoms with Gasteiger partial charge in [0, 0.05) is 11.4 Å². The third-order valence-corrected chi connectivity index (χ3v) is 5.74. The average molecular weight is 432 g/mol. The van der Waals surface area contributed by atoms with Crippen LogP contribution < -0.4 is 10.6 Å². The third-order valence-electron chi connectivity index (χ3n) is 4.87. The first-order valence-corrected chi connectivity index (χ1v) is 10.6. The van der Waals surface area contributed by atoms with E-state index in [-0.39, 0.29) is 19.1 Å². The second kappa shape index (κ2) is 10.7. The van der Waals surface area contributed by atoms with E-state index in [1.54, 1.807) is 0 Å². The maximum Gasteiger partial charge on any atom is 0.407 e. The molecule has 0 saturated carbocycles. The summed E-state index contributed by atoms with van der Waals surface area (Å²) in [7, 11) is 0. The molecule has 2 heterocycles. The van der Waals surface area contributed by atoms with Crippen molar-refractivity contribution in [2.45, 2.75) is 38.1 Å². The summed E-state index contributed by atoms with van der Waals surface area (Å²) in [6.07, 6.45) is -0.805. The van der Waals surface area contributed by atoms with Crippen LogP contribution in [0.1, 0.15) is 23.3 Å². The van der Waals surface area contributed by atoms with E-state index < -0.39 is 24.1 Å². The van der Waals surface area contributed by atoms with Crippen molar-refractivity contribution in [1.29, 1.82) is 0 Å². The van der Waals surface area contributed by atoms with Gasteiger partial charge >= 0.3 is 6.09 Å². The van der Waals surface area contributed by atoms with Crippen molar-refractivity contribution in [3.8, 4) is 0 Å². The zero-order valence-corrected chi connectivity index (χ0v) is 17.3. The number of thiophene rings is 1. The van der Waals surface area contributed by atoms with Crippen molar-refractivity contribution in [2.75, 3.05) is 13.1 Å². The van der Waals surface area contributed by atoms with Gasteiger partial charge in [-0.3, -0.25) is 9.59 Å². The number of alkyl carbamates (subject to hydrolysis) is 1. The van der Waals surface area contributed by atoms with E-state index in [1.165, 1.54) is 16.2 Å². The van der Waals surface area contributed by atoms with Crippen LogP contribution in [0.3, 0.4) is 0 Å². The average Bonchev–Trinajstić information content (AvgIpc) is 3.46. The maximum atomic E-state index is 12.5. The van der Waals surface area contributed by atoms with Crippen molar-refractivity contribution in [3.63, 3.8) is 0 Å². The molecule has 3 rings (SSSR count). The van der Waals surface area contributed by atoms with Gasteiger partial charge in [0.1, 0.15) is 13.2 Å². The second-order valence-corrected chi connectivity index (χ2v) is 7.99. The molecule has 1 aromatic carbocycles. The SMILES string of the molecule is O=C(NCC(=O)N1CCCC1C(O)C(=O)NCc1cccs1)OCc1ccccc1. The highest BCUT2D eigenvalue weighted by Crippen LogP contribution is 2.21. The number of aliphatic hydroxyl groups excluding tert-OH is 1. The summed E-state index contributed by atoms with van der Waals surface area (Å²) in [6, 6.07) is 12.4. The summed E-state index contributed by atoms with van der Waals surface area (Å²) in [5.41, 5.74) is 0.843. The number of nitrogens with one attached hydrogen (secondary N) is 2. The highest BCUT2D eigenvalue weighted by molar-refractivity contribution is 7.09. The first-order chi connectivity index (χ1) is 14.5. The highest BCUT2D eigenvalue weighted by Gasteiger charge is 2.37. The Morgan fingerprint density at radius 3 is 2.70 bits per heavy atom. The fourth-order valence-corrected chi connectivity index (χ4v) is 3.97. The van der Waals surface area contributed by atoms with Crippen molar-refractivity contribution in [3.05, 3.63) is 58.3 Å². The van der Waals surface area contributed by atoms with Crippen LogP contribution in [0.15, 0.2) is 47.8 Å². The summed E-state index contributed by atoms with van der Waals surface area (Å²) in [6.45, 7) is 0.618. The Hall–Kier alpha value is -2.91. The number of carbonyl (C=O) groups is 3. The molecule has 3 N–H and O–H groups in total. The van der Waals surface area contributed by atoms with Crippen molar-refractivity contribution < 1.29 is 24.2 Å². The molecule has 0 aliphatic carbocycles. The van der Waals surface area contributed by atoms with E-state index in [2.05, 4.69) is 10.6 Å². The second-order valence-electron chi connectivity index (χ2n) is 6.95. The lowest BCUT2D eigenvalue weighted by Gasteiger charge is -2.28. The smallest absolute Gasteiger partial charge is 0.407 e. The van der Waals surface area contributed by atoms with Gasteiger partial charge in [-0.15, -0.1) is 11.3 Å². The van der Waals surface area contributed by atoms with E-state index in [1.807, 2.05) is 47.8 Å². The van der Waals surface area contributed by atoms with Crippen molar-refractivity contribution >= 4 is 29.2 Å². The first kappa shape index (κ1) is 21.8. The Morgan fingerprint density at radius 1 is 1.17 bits per heavy atom. The van der Waals surface area contributed by atoms with Crippen LogP contribution in [0.25, 0.3) is 0 Å². The number of carbonyl (C=O) groups excluding carboxylic acids is 3. The fraction of sp³-hybridized carbons (Fsp3) is 0.381. The molecule has 2 aromatic rings. The van der Waals surface area contributed by atoms with E-state index in [0.29, 0.717) is 25.9 Å². The Bertz CT molecular complexity index is 844. The Kier molecular flexibility index (Phi) is 7.81. The Balaban J connectivity index is 1.43. The molecule has 30 heavy (non-hydrogen) atoms. The number of hydrogen-bond acceptors (Lipinski definition) is 6. The van der Waals surface area contributed by atoms with E-state index in [0.717, 1.165) is 10.4 Å². The van der Waals surface area contributed by atoms with E-state index >= 15 is 0 Å². The highest BCUT2D eigenvalue weighted by atomic mass is 32.1. The van der Waals surface area contributed by atoms with Gasteiger partial charge < -0.3 is 25.4 Å². The summed E-state index contributed by atoms with van der Waals surface area (Å²) < 4.78 is 5.09. The summed E-state index contributed by atoms with van der Waals surface area (Å²) in [4.78, 5) is 39.1. The lowest BCUT2D eigenvalue weighted by atomic mass is 10.1. The zero-order valence-electron chi connectivity index (χ0n) is 16.5. The zero-order chi connectivity index (χ0) is 21.3. The number of hydrogen-bond donors (Lipinski definition) is 3. The van der Waals surface area contributed by atoms with Gasteiger partial charge in [-0.1, -0.05) is 36.4 Å². The molecule has 3 amide bonds. The number of rotatable bonds is 8. The quantitative estimate of drug-likeness (QED) is 0.589. The first-order valence-electron chi connectivity index (χ1n) is 9.77. The van der Waals surface area contributed by atoms with Gasteiger partial charge in [0.2, 0.25) is 5.91 Å². The molecule has 1 aromatic heterocycles. The number of amides is 3. The number of aliphatic hydroxyl groups is 1. The molecule has 1 saturated heterocycles. The minimum Gasteiger partial charge on any atom is -0.445 e. The minimum atomic E-state index is -1.32. The maximum absolute atomic E-state index is 12.5. The molecule has 2 atom stereocenters. The fourth-order valence-electron chi connectivity index (χ4n) is 3.32. The lowest BCUT2D eigenvalue weighted by molar-refractivity contribution is -0.138. The molecule has 0 spiro atoms. The molecule has 8 nitrogen and oxygen atoms in total. The van der Waals surface area contributed by atoms with Crippen LogP contribution >= 0.6 is 11.3 Å². The number of nitrogens with zero attached hydrogens (tertiary/aromatic N) is 1. The Labute approximate surface area is 178 Å². The molecule has 1 fully saturated rings. The monoisotopic (exact) mass is 431 g/mol. The van der Waals surface area contributed by atoms with Crippen LogP contribution in [0.2, 0.25) is 0 Å². The van der Waals surface area contributed by atoms with Gasteiger partial charge in [0.05, 0.1) is 12.6 Å². The molecular formula is C21H25N3O5S. The third kappa shape index (κ3) is 6.04. The van der Waals surface area contributed by atoms with Gasteiger partial charge in [-0.2, -0.15) is 0 Å². The van der Waals surface area contributed by atoms with Gasteiger partial charge in [-0.05, 0) is 29.9 Å². The minimum absolute atomic E-state index is 0.107. The number of benzene rings is 1. The van der Waals surface area contributed by atoms with Gasteiger partial charge in [0.15, 0.2) is 6.10 Å². The van der Waals surface area contributed by atoms with Crippen LogP contribution in [0, 0.1) is 0 Å².